The summed E-state index contributed by atoms with van der Waals surface area (Å²) >= 11 is 0. The van der Waals surface area contributed by atoms with E-state index >= 15 is 0 Å². The van der Waals surface area contributed by atoms with Crippen molar-refractivity contribution in [1.29, 1.82) is 0 Å². The van der Waals surface area contributed by atoms with Crippen LogP contribution in [0, 0.1) is 5.92 Å². The molecule has 116 valence electrons. The first-order valence-electron chi connectivity index (χ1n) is 7.21. The zero-order valence-corrected chi connectivity index (χ0v) is 12.2. The molecule has 1 atom stereocenters. The number of rotatable bonds is 4. The molecule has 1 aliphatic rings. The summed E-state index contributed by atoms with van der Waals surface area (Å²) in [5.41, 5.74) is 2.46. The number of carbonyl (C=O) groups is 1. The molecule has 2 aromatic rings. The van der Waals surface area contributed by atoms with Gasteiger partial charge in [-0.2, -0.15) is 5.10 Å². The van der Waals surface area contributed by atoms with E-state index in [2.05, 4.69) is 10.4 Å². The van der Waals surface area contributed by atoms with Crippen LogP contribution in [0.1, 0.15) is 19.3 Å². The van der Waals surface area contributed by atoms with Crippen LogP contribution in [0.2, 0.25) is 0 Å². The number of hydrogen-bond donors (Lipinski definition) is 1. The largest absolute Gasteiger partial charge is 0.326 e. The number of nitrogens with one attached hydrogen (secondary N) is 1. The second-order valence-corrected chi connectivity index (χ2v) is 5.73. The van der Waals surface area contributed by atoms with Crippen molar-refractivity contribution in [3.05, 3.63) is 36.7 Å². The molecule has 22 heavy (non-hydrogen) atoms. The van der Waals surface area contributed by atoms with Gasteiger partial charge in [-0.25, -0.2) is 8.78 Å². The van der Waals surface area contributed by atoms with Crippen molar-refractivity contribution < 1.29 is 13.6 Å². The summed E-state index contributed by atoms with van der Waals surface area (Å²) < 4.78 is 28.1. The number of carbonyl (C=O) groups excluding carboxylic acids is 1. The summed E-state index contributed by atoms with van der Waals surface area (Å²) in [6.45, 7) is 0. The molecule has 1 aromatic heterocycles. The molecule has 1 unspecified atom stereocenters. The number of halogens is 2. The van der Waals surface area contributed by atoms with Gasteiger partial charge in [0.1, 0.15) is 0 Å². The van der Waals surface area contributed by atoms with Crippen LogP contribution in [-0.2, 0) is 11.8 Å². The van der Waals surface area contributed by atoms with Crippen molar-refractivity contribution in [1.82, 2.24) is 9.78 Å². The zero-order valence-electron chi connectivity index (χ0n) is 12.2. The molecule has 4 nitrogen and oxygen atoms in total. The molecule has 3 rings (SSSR count). The Morgan fingerprint density at radius 2 is 2.27 bits per heavy atom. The minimum atomic E-state index is -2.69. The van der Waals surface area contributed by atoms with Crippen LogP contribution in [0.3, 0.4) is 0 Å². The normalized spacial score (nSPS) is 19.5. The number of benzene rings is 1. The van der Waals surface area contributed by atoms with E-state index in [4.69, 9.17) is 0 Å². The summed E-state index contributed by atoms with van der Waals surface area (Å²) in [6, 6.07) is 7.28. The van der Waals surface area contributed by atoms with Gasteiger partial charge in [0, 0.05) is 43.3 Å². The van der Waals surface area contributed by atoms with Crippen molar-refractivity contribution in [2.45, 2.75) is 25.2 Å². The quantitative estimate of drug-likeness (QED) is 0.940. The molecule has 0 aliphatic heterocycles. The van der Waals surface area contributed by atoms with Crippen LogP contribution >= 0.6 is 0 Å². The van der Waals surface area contributed by atoms with Crippen molar-refractivity contribution in [2.75, 3.05) is 5.32 Å². The molecule has 0 bridgehead atoms. The molecule has 6 heteroatoms. The maximum Gasteiger partial charge on any atom is 0.251 e. The summed E-state index contributed by atoms with van der Waals surface area (Å²) in [5.74, 6) is -3.88. The molecule has 1 fully saturated rings. The fraction of sp³-hybridized carbons (Fsp3) is 0.375. The summed E-state index contributed by atoms with van der Waals surface area (Å²) in [5, 5.41) is 6.80. The monoisotopic (exact) mass is 305 g/mol. The number of anilines is 1. The van der Waals surface area contributed by atoms with Crippen molar-refractivity contribution in [2.24, 2.45) is 13.0 Å². The number of nitrogens with zero attached hydrogens (tertiary/aromatic N) is 2. The lowest BCUT2D eigenvalue weighted by Gasteiger charge is -2.35. The standard InChI is InChI=1S/C16H17F2N3O/c1-21-10-12(9-19-21)11-3-2-4-14(7-11)20-15(22)8-13-5-6-16(13,17)18/h2-4,7,9-10,13H,5-6,8H2,1H3,(H,20,22). The van der Waals surface area contributed by atoms with Crippen LogP contribution in [-0.4, -0.2) is 21.6 Å². The average molecular weight is 305 g/mol. The average Bonchev–Trinajstić information content (AvgIpc) is 2.91. The van der Waals surface area contributed by atoms with Crippen molar-refractivity contribution in [3.63, 3.8) is 0 Å². The lowest BCUT2D eigenvalue weighted by atomic mass is 9.78. The van der Waals surface area contributed by atoms with Gasteiger partial charge in [0.2, 0.25) is 5.91 Å². The van der Waals surface area contributed by atoms with Gasteiger partial charge in [0.15, 0.2) is 0 Å². The highest BCUT2D eigenvalue weighted by Gasteiger charge is 2.48. The Bertz CT molecular complexity index is 696. The molecule has 1 amide bonds. The number of amides is 1. The first-order valence-corrected chi connectivity index (χ1v) is 7.21. The Kier molecular flexibility index (Phi) is 3.68. The Morgan fingerprint density at radius 1 is 1.45 bits per heavy atom. The van der Waals surface area contributed by atoms with Gasteiger partial charge in [-0.1, -0.05) is 12.1 Å². The van der Waals surface area contributed by atoms with Crippen molar-refractivity contribution in [3.8, 4) is 11.1 Å². The molecule has 1 N–H and O–H groups in total. The van der Waals surface area contributed by atoms with Gasteiger partial charge in [0.25, 0.3) is 5.92 Å². The lowest BCUT2D eigenvalue weighted by molar-refractivity contribution is -0.145. The maximum absolute atomic E-state index is 13.2. The number of hydrogen-bond acceptors (Lipinski definition) is 2. The van der Waals surface area contributed by atoms with Gasteiger partial charge < -0.3 is 5.32 Å². The van der Waals surface area contributed by atoms with E-state index in [-0.39, 0.29) is 18.7 Å². The summed E-state index contributed by atoms with van der Waals surface area (Å²) in [6.07, 6.45) is 3.77. The van der Waals surface area contributed by atoms with Crippen LogP contribution in [0.5, 0.6) is 0 Å². The molecule has 0 radical (unpaired) electrons. The highest BCUT2D eigenvalue weighted by molar-refractivity contribution is 5.91. The fourth-order valence-electron chi connectivity index (χ4n) is 2.60. The van der Waals surface area contributed by atoms with Gasteiger partial charge in [-0.05, 0) is 24.1 Å². The summed E-state index contributed by atoms with van der Waals surface area (Å²) in [7, 11) is 1.83. The van der Waals surface area contributed by atoms with E-state index in [1.54, 1.807) is 16.9 Å². The smallest absolute Gasteiger partial charge is 0.251 e. The number of aromatic nitrogens is 2. The molecule has 1 aliphatic carbocycles. The third-order valence-electron chi connectivity index (χ3n) is 4.04. The highest BCUT2D eigenvalue weighted by atomic mass is 19.3. The Hall–Kier alpha value is -2.24. The van der Waals surface area contributed by atoms with Gasteiger partial charge in [0.05, 0.1) is 6.20 Å². The second kappa shape index (κ2) is 5.51. The Morgan fingerprint density at radius 3 is 2.86 bits per heavy atom. The third kappa shape index (κ3) is 3.00. The van der Waals surface area contributed by atoms with Crippen LogP contribution in [0.4, 0.5) is 14.5 Å². The first kappa shape index (κ1) is 14.7. The molecule has 0 spiro atoms. The van der Waals surface area contributed by atoms with E-state index in [9.17, 15) is 13.6 Å². The van der Waals surface area contributed by atoms with E-state index in [1.807, 2.05) is 31.4 Å². The number of alkyl halides is 2. The van der Waals surface area contributed by atoms with E-state index in [1.165, 1.54) is 0 Å². The van der Waals surface area contributed by atoms with E-state index < -0.39 is 11.8 Å². The van der Waals surface area contributed by atoms with E-state index in [0.717, 1.165) is 11.1 Å². The molecule has 1 saturated carbocycles. The van der Waals surface area contributed by atoms with Crippen LogP contribution in [0.15, 0.2) is 36.7 Å². The molecule has 1 heterocycles. The minimum Gasteiger partial charge on any atom is -0.326 e. The Labute approximate surface area is 127 Å². The predicted octanol–water partition coefficient (Wildman–Crippen LogP) is 3.46. The summed E-state index contributed by atoms with van der Waals surface area (Å²) in [4.78, 5) is 11.9. The van der Waals surface area contributed by atoms with E-state index in [0.29, 0.717) is 12.1 Å². The third-order valence-corrected chi connectivity index (χ3v) is 4.04. The second-order valence-electron chi connectivity index (χ2n) is 5.73. The number of aryl methyl sites for hydroxylation is 1. The van der Waals surface area contributed by atoms with Crippen LogP contribution < -0.4 is 5.32 Å². The topological polar surface area (TPSA) is 46.9 Å². The Balaban J connectivity index is 1.66. The van der Waals surface area contributed by atoms with Gasteiger partial charge >= 0.3 is 0 Å². The lowest BCUT2D eigenvalue weighted by Crippen LogP contribution is -2.40. The van der Waals surface area contributed by atoms with Gasteiger partial charge in [-0.3, -0.25) is 9.48 Å². The predicted molar refractivity (Wildman–Crippen MR) is 79.6 cm³/mol. The van der Waals surface area contributed by atoms with Crippen LogP contribution in [0.25, 0.3) is 11.1 Å². The maximum atomic E-state index is 13.2. The SMILES string of the molecule is Cn1cc(-c2cccc(NC(=O)CC3CCC3(F)F)c2)cn1. The minimum absolute atomic E-state index is 0.110. The molecule has 1 aromatic carbocycles. The van der Waals surface area contributed by atoms with Gasteiger partial charge in [-0.15, -0.1) is 0 Å². The molecular formula is C16H17F2N3O. The van der Waals surface area contributed by atoms with Crippen molar-refractivity contribution >= 4 is 11.6 Å². The highest BCUT2D eigenvalue weighted by Crippen LogP contribution is 2.45. The zero-order chi connectivity index (χ0) is 15.7. The fourth-order valence-corrected chi connectivity index (χ4v) is 2.60. The molecular weight excluding hydrogens is 288 g/mol. The first-order chi connectivity index (χ1) is 10.4. The molecule has 0 saturated heterocycles.